The minimum absolute atomic E-state index is 0.204. The number of carbonyl (C=O) groups excluding carboxylic acids is 2. The van der Waals surface area contributed by atoms with Crippen molar-refractivity contribution in [2.24, 2.45) is 5.73 Å². The lowest BCUT2D eigenvalue weighted by atomic mass is 10.2. The fourth-order valence-corrected chi connectivity index (χ4v) is 0.829. The molecule has 3 N–H and O–H groups in total. The van der Waals surface area contributed by atoms with E-state index in [-0.39, 0.29) is 18.4 Å². The van der Waals surface area contributed by atoms with Gasteiger partial charge in [-0.15, -0.1) is 0 Å². The van der Waals surface area contributed by atoms with Crippen molar-refractivity contribution in [3.05, 3.63) is 0 Å². The molecule has 0 aromatic rings. The van der Waals surface area contributed by atoms with Crippen LogP contribution in [-0.2, 0) is 14.3 Å². The standard InChI is InChI=1S/C8H16N2O3/c1-5(9)4-7(11)10-6(2)8(12)13-3/h5-6H,4,9H2,1-3H3,(H,10,11). The third kappa shape index (κ3) is 5.19. The molecule has 0 aromatic heterocycles. The van der Waals surface area contributed by atoms with Gasteiger partial charge in [0.1, 0.15) is 6.04 Å². The predicted molar refractivity (Wildman–Crippen MR) is 47.9 cm³/mol. The highest BCUT2D eigenvalue weighted by Gasteiger charge is 2.15. The maximum Gasteiger partial charge on any atom is 0.328 e. The summed E-state index contributed by atoms with van der Waals surface area (Å²) < 4.78 is 4.43. The summed E-state index contributed by atoms with van der Waals surface area (Å²) in [6, 6.07) is -0.818. The van der Waals surface area contributed by atoms with E-state index in [1.807, 2.05) is 0 Å². The van der Waals surface area contributed by atoms with Gasteiger partial charge in [-0.25, -0.2) is 4.79 Å². The predicted octanol–water partition coefficient (Wildman–Crippen LogP) is -0.599. The van der Waals surface area contributed by atoms with Gasteiger partial charge in [0, 0.05) is 12.5 Å². The van der Waals surface area contributed by atoms with E-state index in [0.29, 0.717) is 0 Å². The van der Waals surface area contributed by atoms with Gasteiger partial charge in [-0.1, -0.05) is 0 Å². The average Bonchev–Trinajstić information content (AvgIpc) is 2.01. The highest BCUT2D eigenvalue weighted by atomic mass is 16.5. The second-order valence-electron chi connectivity index (χ2n) is 2.99. The molecular formula is C8H16N2O3. The Hall–Kier alpha value is -1.10. The number of amides is 1. The summed E-state index contributed by atoms with van der Waals surface area (Å²) in [5.74, 6) is -0.703. The van der Waals surface area contributed by atoms with Crippen molar-refractivity contribution in [1.82, 2.24) is 5.32 Å². The number of esters is 1. The zero-order valence-corrected chi connectivity index (χ0v) is 8.16. The molecule has 0 rings (SSSR count). The summed E-state index contributed by atoms with van der Waals surface area (Å²) in [6.45, 7) is 3.29. The van der Waals surface area contributed by atoms with Crippen LogP contribution in [-0.4, -0.2) is 31.1 Å². The summed E-state index contributed by atoms with van der Waals surface area (Å²) >= 11 is 0. The lowest BCUT2D eigenvalue weighted by molar-refractivity contribution is -0.144. The van der Waals surface area contributed by atoms with Gasteiger partial charge in [-0.3, -0.25) is 4.79 Å². The lowest BCUT2D eigenvalue weighted by Crippen LogP contribution is -2.41. The topological polar surface area (TPSA) is 81.4 Å². The maximum absolute atomic E-state index is 11.1. The van der Waals surface area contributed by atoms with Crippen molar-refractivity contribution in [1.29, 1.82) is 0 Å². The molecule has 0 aliphatic heterocycles. The molecule has 0 saturated heterocycles. The van der Waals surface area contributed by atoms with E-state index in [2.05, 4.69) is 10.1 Å². The van der Waals surface area contributed by atoms with Gasteiger partial charge in [-0.2, -0.15) is 0 Å². The monoisotopic (exact) mass is 188 g/mol. The first-order valence-electron chi connectivity index (χ1n) is 4.10. The Morgan fingerprint density at radius 2 is 2.00 bits per heavy atom. The lowest BCUT2D eigenvalue weighted by Gasteiger charge is -2.12. The number of nitrogens with two attached hydrogens (primary N) is 1. The van der Waals surface area contributed by atoms with Crippen LogP contribution < -0.4 is 11.1 Å². The van der Waals surface area contributed by atoms with Crippen LogP contribution in [0.2, 0.25) is 0 Å². The second kappa shape index (κ2) is 5.53. The number of rotatable bonds is 4. The largest absolute Gasteiger partial charge is 0.467 e. The first kappa shape index (κ1) is 11.9. The molecule has 13 heavy (non-hydrogen) atoms. The van der Waals surface area contributed by atoms with Crippen LogP contribution in [0.15, 0.2) is 0 Å². The van der Waals surface area contributed by atoms with Crippen molar-refractivity contribution in [2.45, 2.75) is 32.4 Å². The van der Waals surface area contributed by atoms with Gasteiger partial charge in [0.15, 0.2) is 0 Å². The van der Waals surface area contributed by atoms with Crippen LogP contribution in [0, 0.1) is 0 Å². The molecule has 0 saturated carbocycles. The third-order valence-electron chi connectivity index (χ3n) is 1.44. The third-order valence-corrected chi connectivity index (χ3v) is 1.44. The molecule has 5 nitrogen and oxygen atoms in total. The molecule has 0 fully saturated rings. The molecule has 2 atom stereocenters. The number of nitrogens with one attached hydrogen (secondary N) is 1. The van der Waals surface area contributed by atoms with E-state index in [9.17, 15) is 9.59 Å². The Morgan fingerprint density at radius 1 is 1.46 bits per heavy atom. The van der Waals surface area contributed by atoms with E-state index >= 15 is 0 Å². The zero-order chi connectivity index (χ0) is 10.4. The van der Waals surface area contributed by atoms with E-state index in [1.165, 1.54) is 7.11 Å². The van der Waals surface area contributed by atoms with Crippen LogP contribution in [0.25, 0.3) is 0 Å². The van der Waals surface area contributed by atoms with Gasteiger partial charge in [0.2, 0.25) is 5.91 Å². The van der Waals surface area contributed by atoms with Gasteiger partial charge in [-0.05, 0) is 13.8 Å². The summed E-state index contributed by atoms with van der Waals surface area (Å²) in [4.78, 5) is 22.0. The number of ether oxygens (including phenoxy) is 1. The normalized spacial score (nSPS) is 14.5. The number of hydrogen-bond donors (Lipinski definition) is 2. The minimum atomic E-state index is -0.615. The summed E-state index contributed by atoms with van der Waals surface area (Å²) in [6.07, 6.45) is 0.210. The quantitative estimate of drug-likeness (QED) is 0.577. The molecule has 0 aliphatic rings. The van der Waals surface area contributed by atoms with Gasteiger partial charge >= 0.3 is 5.97 Å². The average molecular weight is 188 g/mol. The maximum atomic E-state index is 11.1. The Kier molecular flexibility index (Phi) is 5.06. The molecule has 0 heterocycles. The van der Waals surface area contributed by atoms with Gasteiger partial charge in [0.25, 0.3) is 0 Å². The highest BCUT2D eigenvalue weighted by molar-refractivity contribution is 5.84. The van der Waals surface area contributed by atoms with E-state index in [0.717, 1.165) is 0 Å². The Labute approximate surface area is 77.6 Å². The molecule has 0 radical (unpaired) electrons. The zero-order valence-electron chi connectivity index (χ0n) is 8.16. The smallest absolute Gasteiger partial charge is 0.328 e. The van der Waals surface area contributed by atoms with Gasteiger partial charge < -0.3 is 15.8 Å². The fraction of sp³-hybridized carbons (Fsp3) is 0.750. The van der Waals surface area contributed by atoms with Crippen LogP contribution in [0.1, 0.15) is 20.3 Å². The molecule has 1 amide bonds. The molecular weight excluding hydrogens is 172 g/mol. The Bertz CT molecular complexity index is 192. The van der Waals surface area contributed by atoms with Crippen LogP contribution in [0.3, 0.4) is 0 Å². The molecule has 0 aliphatic carbocycles. The van der Waals surface area contributed by atoms with E-state index in [1.54, 1.807) is 13.8 Å². The van der Waals surface area contributed by atoms with Crippen molar-refractivity contribution >= 4 is 11.9 Å². The molecule has 5 heteroatoms. The molecule has 2 unspecified atom stereocenters. The van der Waals surface area contributed by atoms with Crippen molar-refractivity contribution in [3.63, 3.8) is 0 Å². The van der Waals surface area contributed by atoms with Crippen molar-refractivity contribution in [2.75, 3.05) is 7.11 Å². The van der Waals surface area contributed by atoms with E-state index in [4.69, 9.17) is 5.73 Å². The summed E-state index contributed by atoms with van der Waals surface area (Å²) in [7, 11) is 1.27. The van der Waals surface area contributed by atoms with Gasteiger partial charge in [0.05, 0.1) is 7.11 Å². The first-order chi connectivity index (χ1) is 5.97. The van der Waals surface area contributed by atoms with Crippen LogP contribution in [0.4, 0.5) is 0 Å². The SMILES string of the molecule is COC(=O)C(C)NC(=O)CC(C)N. The van der Waals surface area contributed by atoms with Crippen LogP contribution in [0.5, 0.6) is 0 Å². The van der Waals surface area contributed by atoms with Crippen LogP contribution >= 0.6 is 0 Å². The molecule has 0 aromatic carbocycles. The molecule has 0 spiro atoms. The number of hydrogen-bond acceptors (Lipinski definition) is 4. The van der Waals surface area contributed by atoms with E-state index < -0.39 is 12.0 Å². The summed E-state index contributed by atoms with van der Waals surface area (Å²) in [5, 5.41) is 2.47. The minimum Gasteiger partial charge on any atom is -0.467 e. The fourth-order valence-electron chi connectivity index (χ4n) is 0.829. The summed E-state index contributed by atoms with van der Waals surface area (Å²) in [5.41, 5.74) is 5.40. The first-order valence-corrected chi connectivity index (χ1v) is 4.10. The number of carbonyl (C=O) groups is 2. The second-order valence-corrected chi connectivity index (χ2v) is 2.99. The van der Waals surface area contributed by atoms with Crippen molar-refractivity contribution < 1.29 is 14.3 Å². The highest BCUT2D eigenvalue weighted by Crippen LogP contribution is 1.90. The number of methoxy groups -OCH3 is 1. The Morgan fingerprint density at radius 3 is 2.38 bits per heavy atom. The van der Waals surface area contributed by atoms with Crippen molar-refractivity contribution in [3.8, 4) is 0 Å². The Balaban J connectivity index is 3.85. The molecule has 0 bridgehead atoms. The molecule has 76 valence electrons.